The van der Waals surface area contributed by atoms with Crippen molar-refractivity contribution in [3.05, 3.63) is 46.9 Å². The van der Waals surface area contributed by atoms with E-state index in [1.54, 1.807) is 12.1 Å². The van der Waals surface area contributed by atoms with Crippen molar-refractivity contribution in [2.75, 3.05) is 0 Å². The maximum absolute atomic E-state index is 13.3. The Balaban J connectivity index is 2.67. The number of halogens is 1. The lowest BCUT2D eigenvalue weighted by molar-refractivity contribution is 0.614. The van der Waals surface area contributed by atoms with Crippen LogP contribution in [-0.4, -0.2) is 14.3 Å². The van der Waals surface area contributed by atoms with Gasteiger partial charge in [-0.1, -0.05) is 12.1 Å². The van der Waals surface area contributed by atoms with Gasteiger partial charge in [0.15, 0.2) is 0 Å². The van der Waals surface area contributed by atoms with Crippen LogP contribution in [0.2, 0.25) is 0 Å². The molecular formula is C9H8FN3O. The van der Waals surface area contributed by atoms with Crippen molar-refractivity contribution in [1.29, 1.82) is 0 Å². The molecule has 2 rings (SSSR count). The van der Waals surface area contributed by atoms with Crippen molar-refractivity contribution in [1.82, 2.24) is 14.3 Å². The Bertz CT molecular complexity index is 515. The normalized spacial score (nSPS) is 10.4. The van der Waals surface area contributed by atoms with E-state index in [9.17, 15) is 9.18 Å². The predicted molar refractivity (Wildman–Crippen MR) is 48.8 cm³/mol. The summed E-state index contributed by atoms with van der Waals surface area (Å²) in [6.07, 6.45) is 1.29. The minimum atomic E-state index is -0.442. The largest absolute Gasteiger partial charge is 0.350 e. The van der Waals surface area contributed by atoms with Gasteiger partial charge in [0.1, 0.15) is 12.1 Å². The van der Waals surface area contributed by atoms with Gasteiger partial charge in [-0.05, 0) is 12.1 Å². The highest BCUT2D eigenvalue weighted by Gasteiger charge is 2.07. The van der Waals surface area contributed by atoms with E-state index in [0.717, 1.165) is 9.25 Å². The van der Waals surface area contributed by atoms with Crippen LogP contribution in [0.5, 0.6) is 0 Å². The van der Waals surface area contributed by atoms with Crippen molar-refractivity contribution in [3.8, 4) is 5.69 Å². The number of hydrogen-bond donors (Lipinski definition) is 0. The summed E-state index contributed by atoms with van der Waals surface area (Å²) in [4.78, 5) is 11.4. The summed E-state index contributed by atoms with van der Waals surface area (Å²) in [5, 5.41) is 3.73. The van der Waals surface area contributed by atoms with Gasteiger partial charge in [0.05, 0.1) is 5.69 Å². The predicted octanol–water partition coefficient (Wildman–Crippen LogP) is 0.710. The topological polar surface area (TPSA) is 39.8 Å². The second-order valence-corrected chi connectivity index (χ2v) is 2.86. The fraction of sp³-hybridized carbons (Fsp3) is 0.111. The first-order valence-corrected chi connectivity index (χ1v) is 4.05. The molecule has 1 aromatic heterocycles. The molecule has 0 N–H and O–H groups in total. The van der Waals surface area contributed by atoms with Crippen LogP contribution in [0, 0.1) is 5.82 Å². The summed E-state index contributed by atoms with van der Waals surface area (Å²) in [6.45, 7) is 0. The molecule has 0 unspecified atom stereocenters. The highest BCUT2D eigenvalue weighted by Crippen LogP contribution is 2.08. The first-order valence-electron chi connectivity index (χ1n) is 4.05. The van der Waals surface area contributed by atoms with Gasteiger partial charge in [-0.25, -0.2) is 18.4 Å². The lowest BCUT2D eigenvalue weighted by Crippen LogP contribution is -2.21. The molecule has 0 fully saturated rings. The van der Waals surface area contributed by atoms with Crippen LogP contribution in [0.25, 0.3) is 5.69 Å². The SMILES string of the molecule is Cn1ncn(-c2ccccc2F)c1=O. The van der Waals surface area contributed by atoms with Gasteiger partial charge >= 0.3 is 5.69 Å². The number of aromatic nitrogens is 3. The summed E-state index contributed by atoms with van der Waals surface area (Å²) in [5.74, 6) is -0.442. The average Bonchev–Trinajstić information content (AvgIpc) is 2.49. The van der Waals surface area contributed by atoms with E-state index in [1.807, 2.05) is 0 Å². The van der Waals surface area contributed by atoms with Crippen LogP contribution >= 0.6 is 0 Å². The molecule has 14 heavy (non-hydrogen) atoms. The Morgan fingerprint density at radius 3 is 2.64 bits per heavy atom. The molecule has 1 aromatic carbocycles. The molecule has 2 aromatic rings. The van der Waals surface area contributed by atoms with Crippen molar-refractivity contribution in [2.24, 2.45) is 7.05 Å². The molecular weight excluding hydrogens is 185 g/mol. The highest BCUT2D eigenvalue weighted by molar-refractivity contribution is 5.32. The Hall–Kier alpha value is -1.91. The Morgan fingerprint density at radius 2 is 2.07 bits per heavy atom. The number of rotatable bonds is 1. The molecule has 0 amide bonds. The standard InChI is InChI=1S/C9H8FN3O/c1-12-9(14)13(6-11-12)8-5-3-2-4-7(8)10/h2-6H,1H3. The van der Waals surface area contributed by atoms with Gasteiger partial charge in [-0.3, -0.25) is 0 Å². The number of benzene rings is 1. The monoisotopic (exact) mass is 193 g/mol. The molecule has 4 nitrogen and oxygen atoms in total. The minimum Gasteiger partial charge on any atom is -0.247 e. The van der Waals surface area contributed by atoms with Gasteiger partial charge in [0.2, 0.25) is 0 Å². The van der Waals surface area contributed by atoms with Crippen molar-refractivity contribution in [3.63, 3.8) is 0 Å². The van der Waals surface area contributed by atoms with Crippen molar-refractivity contribution < 1.29 is 4.39 Å². The van der Waals surface area contributed by atoms with E-state index < -0.39 is 5.82 Å². The van der Waals surface area contributed by atoms with Crippen LogP contribution in [0.3, 0.4) is 0 Å². The van der Waals surface area contributed by atoms with Gasteiger partial charge in [-0.15, -0.1) is 0 Å². The molecule has 0 atom stereocenters. The Kier molecular flexibility index (Phi) is 1.92. The molecule has 1 heterocycles. The smallest absolute Gasteiger partial charge is 0.247 e. The average molecular weight is 193 g/mol. The molecule has 0 aliphatic carbocycles. The third-order valence-corrected chi connectivity index (χ3v) is 1.94. The first kappa shape index (κ1) is 8.68. The van der Waals surface area contributed by atoms with Crippen LogP contribution in [-0.2, 0) is 7.05 Å². The van der Waals surface area contributed by atoms with E-state index in [4.69, 9.17) is 0 Å². The summed E-state index contributed by atoms with van der Waals surface area (Å²) in [7, 11) is 1.51. The summed E-state index contributed by atoms with van der Waals surface area (Å²) in [6, 6.07) is 6.06. The lowest BCUT2D eigenvalue weighted by atomic mass is 10.3. The molecule has 0 aliphatic heterocycles. The minimum absolute atomic E-state index is 0.214. The van der Waals surface area contributed by atoms with E-state index >= 15 is 0 Å². The lowest BCUT2D eigenvalue weighted by Gasteiger charge is -2.00. The first-order chi connectivity index (χ1) is 6.70. The number of nitrogens with zero attached hydrogens (tertiary/aromatic N) is 3. The molecule has 0 saturated heterocycles. The molecule has 0 spiro atoms. The number of aryl methyl sites for hydroxylation is 1. The number of hydrogen-bond acceptors (Lipinski definition) is 2. The molecule has 72 valence electrons. The maximum Gasteiger partial charge on any atom is 0.350 e. The fourth-order valence-electron chi connectivity index (χ4n) is 1.20. The molecule has 5 heteroatoms. The third-order valence-electron chi connectivity index (χ3n) is 1.94. The molecule has 0 radical (unpaired) electrons. The van der Waals surface area contributed by atoms with Gasteiger partial charge in [0, 0.05) is 7.05 Å². The Labute approximate surface area is 79.2 Å². The van der Waals surface area contributed by atoms with Crippen LogP contribution in [0.15, 0.2) is 35.4 Å². The molecule has 0 saturated carbocycles. The second kappa shape index (κ2) is 3.10. The van der Waals surface area contributed by atoms with Crippen molar-refractivity contribution in [2.45, 2.75) is 0 Å². The quantitative estimate of drug-likeness (QED) is 0.669. The summed E-state index contributed by atoms with van der Waals surface area (Å²) < 4.78 is 15.6. The fourth-order valence-corrected chi connectivity index (χ4v) is 1.20. The van der Waals surface area contributed by atoms with E-state index in [-0.39, 0.29) is 11.4 Å². The Morgan fingerprint density at radius 1 is 1.36 bits per heavy atom. The van der Waals surface area contributed by atoms with Crippen LogP contribution in [0.1, 0.15) is 0 Å². The van der Waals surface area contributed by atoms with E-state index in [1.165, 1.54) is 25.5 Å². The van der Waals surface area contributed by atoms with E-state index in [0.29, 0.717) is 0 Å². The van der Waals surface area contributed by atoms with Gasteiger partial charge in [0.25, 0.3) is 0 Å². The second-order valence-electron chi connectivity index (χ2n) is 2.86. The highest BCUT2D eigenvalue weighted by atomic mass is 19.1. The van der Waals surface area contributed by atoms with Gasteiger partial charge < -0.3 is 0 Å². The molecule has 0 aliphatic rings. The number of para-hydroxylation sites is 1. The third kappa shape index (κ3) is 1.22. The van der Waals surface area contributed by atoms with Crippen LogP contribution < -0.4 is 5.69 Å². The van der Waals surface area contributed by atoms with E-state index in [2.05, 4.69) is 5.10 Å². The maximum atomic E-state index is 13.3. The van der Waals surface area contributed by atoms with Crippen LogP contribution in [0.4, 0.5) is 4.39 Å². The van der Waals surface area contributed by atoms with Gasteiger partial charge in [-0.2, -0.15) is 5.10 Å². The molecule has 0 bridgehead atoms. The summed E-state index contributed by atoms with van der Waals surface area (Å²) >= 11 is 0. The zero-order chi connectivity index (χ0) is 10.1. The zero-order valence-corrected chi connectivity index (χ0v) is 7.51. The summed E-state index contributed by atoms with van der Waals surface area (Å²) in [5.41, 5.74) is -0.152. The zero-order valence-electron chi connectivity index (χ0n) is 7.51. The van der Waals surface area contributed by atoms with Crippen molar-refractivity contribution >= 4 is 0 Å².